The zero-order valence-electron chi connectivity index (χ0n) is 11.2. The molecule has 4 nitrogen and oxygen atoms in total. The molecule has 2 aliphatic carbocycles. The first kappa shape index (κ1) is 13.4. The maximum absolute atomic E-state index is 12.0. The summed E-state index contributed by atoms with van der Waals surface area (Å²) in [6, 6.07) is 0.251. The summed E-state index contributed by atoms with van der Waals surface area (Å²) in [5.74, 6) is -0.475. The van der Waals surface area contributed by atoms with E-state index in [4.69, 9.17) is 5.11 Å². The fraction of sp³-hybridized carbons (Fsp3) is 0.857. The molecule has 0 bridgehead atoms. The largest absolute Gasteiger partial charge is 0.481 e. The van der Waals surface area contributed by atoms with E-state index in [2.05, 4.69) is 19.2 Å². The van der Waals surface area contributed by atoms with Crippen LogP contribution in [0.4, 0.5) is 0 Å². The first-order chi connectivity index (χ1) is 8.50. The summed E-state index contributed by atoms with van der Waals surface area (Å²) >= 11 is 0. The number of amides is 1. The van der Waals surface area contributed by atoms with E-state index in [0.29, 0.717) is 18.3 Å². The summed E-state index contributed by atoms with van der Waals surface area (Å²) in [6.45, 7) is 4.40. The standard InChI is InChI=1S/C14H23NO3/c1-8(2)9-5-3-4-6-12(9)15-13(16)10-7-11(10)14(17)18/h8-12H,3-7H2,1-2H3,(H,15,16)(H,17,18). The van der Waals surface area contributed by atoms with Crippen molar-refractivity contribution in [2.75, 3.05) is 0 Å². The van der Waals surface area contributed by atoms with Crippen LogP contribution in [0.15, 0.2) is 0 Å². The van der Waals surface area contributed by atoms with Gasteiger partial charge in [0.15, 0.2) is 0 Å². The molecule has 0 aromatic heterocycles. The molecule has 0 aliphatic heterocycles. The number of carbonyl (C=O) groups excluding carboxylic acids is 1. The maximum Gasteiger partial charge on any atom is 0.307 e. The molecule has 102 valence electrons. The zero-order chi connectivity index (χ0) is 13.3. The average molecular weight is 253 g/mol. The Labute approximate surface area is 108 Å². The fourth-order valence-corrected chi connectivity index (χ4v) is 3.18. The second-order valence-electron chi connectivity index (χ2n) is 6.09. The summed E-state index contributed by atoms with van der Waals surface area (Å²) in [5.41, 5.74) is 0. The predicted molar refractivity (Wildman–Crippen MR) is 68.0 cm³/mol. The van der Waals surface area contributed by atoms with Crippen molar-refractivity contribution >= 4 is 11.9 Å². The normalized spacial score (nSPS) is 35.3. The molecule has 2 saturated carbocycles. The zero-order valence-corrected chi connectivity index (χ0v) is 11.2. The molecule has 0 aromatic rings. The Bertz CT molecular complexity index is 340. The Morgan fingerprint density at radius 1 is 1.17 bits per heavy atom. The molecule has 0 spiro atoms. The van der Waals surface area contributed by atoms with Crippen LogP contribution in [0.3, 0.4) is 0 Å². The van der Waals surface area contributed by atoms with Gasteiger partial charge >= 0.3 is 5.97 Å². The number of nitrogens with one attached hydrogen (secondary N) is 1. The molecular weight excluding hydrogens is 230 g/mol. The van der Waals surface area contributed by atoms with Crippen molar-refractivity contribution in [1.29, 1.82) is 0 Å². The highest BCUT2D eigenvalue weighted by atomic mass is 16.4. The monoisotopic (exact) mass is 253 g/mol. The molecule has 1 amide bonds. The van der Waals surface area contributed by atoms with Gasteiger partial charge in [-0.15, -0.1) is 0 Å². The molecule has 2 rings (SSSR count). The summed E-state index contributed by atoms with van der Waals surface area (Å²) in [6.07, 6.45) is 5.15. The molecule has 0 aromatic carbocycles. The average Bonchev–Trinajstić information content (AvgIpc) is 3.09. The minimum absolute atomic E-state index is 0.0417. The van der Waals surface area contributed by atoms with Gasteiger partial charge in [-0.05, 0) is 31.1 Å². The van der Waals surface area contributed by atoms with Gasteiger partial charge in [0.05, 0.1) is 11.8 Å². The van der Waals surface area contributed by atoms with Crippen LogP contribution in [0.5, 0.6) is 0 Å². The van der Waals surface area contributed by atoms with Gasteiger partial charge in [-0.3, -0.25) is 9.59 Å². The lowest BCUT2D eigenvalue weighted by Crippen LogP contribution is -2.44. The maximum atomic E-state index is 12.0. The molecule has 18 heavy (non-hydrogen) atoms. The van der Waals surface area contributed by atoms with Crippen LogP contribution in [-0.2, 0) is 9.59 Å². The Morgan fingerprint density at radius 3 is 2.39 bits per heavy atom. The highest BCUT2D eigenvalue weighted by Crippen LogP contribution is 2.39. The summed E-state index contributed by atoms with van der Waals surface area (Å²) in [7, 11) is 0. The number of carbonyl (C=O) groups is 2. The number of carboxylic acid groups (broad SMARTS) is 1. The van der Waals surface area contributed by atoms with E-state index in [1.165, 1.54) is 19.3 Å². The Hall–Kier alpha value is -1.06. The minimum Gasteiger partial charge on any atom is -0.481 e. The quantitative estimate of drug-likeness (QED) is 0.805. The Balaban J connectivity index is 1.88. The molecule has 4 atom stereocenters. The Kier molecular flexibility index (Phi) is 3.93. The van der Waals surface area contributed by atoms with Gasteiger partial charge in [-0.1, -0.05) is 26.7 Å². The highest BCUT2D eigenvalue weighted by molar-refractivity contribution is 5.89. The second kappa shape index (κ2) is 5.29. The van der Waals surface area contributed by atoms with E-state index < -0.39 is 11.9 Å². The van der Waals surface area contributed by atoms with Gasteiger partial charge in [0.1, 0.15) is 0 Å². The third kappa shape index (κ3) is 2.85. The van der Waals surface area contributed by atoms with Crippen LogP contribution in [0.1, 0.15) is 46.0 Å². The number of hydrogen-bond acceptors (Lipinski definition) is 2. The number of rotatable bonds is 4. The minimum atomic E-state index is -0.834. The molecular formula is C14H23NO3. The first-order valence-corrected chi connectivity index (χ1v) is 7.04. The molecule has 4 unspecified atom stereocenters. The molecule has 0 radical (unpaired) electrons. The van der Waals surface area contributed by atoms with E-state index in [1.807, 2.05) is 0 Å². The molecule has 0 saturated heterocycles. The molecule has 2 N–H and O–H groups in total. The van der Waals surface area contributed by atoms with Crippen LogP contribution in [0, 0.1) is 23.7 Å². The van der Waals surface area contributed by atoms with Crippen molar-refractivity contribution in [3.8, 4) is 0 Å². The predicted octanol–water partition coefficient (Wildman–Crippen LogP) is 2.04. The van der Waals surface area contributed by atoms with Gasteiger partial charge in [0.2, 0.25) is 5.91 Å². The van der Waals surface area contributed by atoms with Crippen molar-refractivity contribution in [3.63, 3.8) is 0 Å². The van der Waals surface area contributed by atoms with E-state index >= 15 is 0 Å². The second-order valence-corrected chi connectivity index (χ2v) is 6.09. The van der Waals surface area contributed by atoms with Gasteiger partial charge in [0, 0.05) is 6.04 Å². The van der Waals surface area contributed by atoms with Crippen molar-refractivity contribution < 1.29 is 14.7 Å². The van der Waals surface area contributed by atoms with Crippen molar-refractivity contribution in [3.05, 3.63) is 0 Å². The van der Waals surface area contributed by atoms with Gasteiger partial charge in [-0.2, -0.15) is 0 Å². The van der Waals surface area contributed by atoms with Crippen LogP contribution in [0.25, 0.3) is 0 Å². The smallest absolute Gasteiger partial charge is 0.307 e. The van der Waals surface area contributed by atoms with Crippen LogP contribution >= 0.6 is 0 Å². The van der Waals surface area contributed by atoms with E-state index in [-0.39, 0.29) is 17.9 Å². The summed E-state index contributed by atoms with van der Waals surface area (Å²) in [5, 5.41) is 11.9. The van der Waals surface area contributed by atoms with Crippen molar-refractivity contribution in [2.45, 2.75) is 52.0 Å². The lowest BCUT2D eigenvalue weighted by Gasteiger charge is -2.35. The molecule has 0 heterocycles. The lowest BCUT2D eigenvalue weighted by atomic mass is 9.78. The van der Waals surface area contributed by atoms with Crippen molar-refractivity contribution in [1.82, 2.24) is 5.32 Å². The number of hydrogen-bond donors (Lipinski definition) is 2. The van der Waals surface area contributed by atoms with E-state index in [0.717, 1.165) is 6.42 Å². The molecule has 2 aliphatic rings. The van der Waals surface area contributed by atoms with Gasteiger partial charge in [0.25, 0.3) is 0 Å². The van der Waals surface area contributed by atoms with Crippen LogP contribution in [0.2, 0.25) is 0 Å². The molecule has 2 fully saturated rings. The first-order valence-electron chi connectivity index (χ1n) is 7.04. The van der Waals surface area contributed by atoms with Crippen LogP contribution in [-0.4, -0.2) is 23.0 Å². The van der Waals surface area contributed by atoms with Crippen molar-refractivity contribution in [2.24, 2.45) is 23.7 Å². The van der Waals surface area contributed by atoms with E-state index in [9.17, 15) is 9.59 Å². The van der Waals surface area contributed by atoms with E-state index in [1.54, 1.807) is 0 Å². The third-order valence-corrected chi connectivity index (χ3v) is 4.45. The lowest BCUT2D eigenvalue weighted by molar-refractivity contribution is -0.140. The Morgan fingerprint density at radius 2 is 1.83 bits per heavy atom. The molecule has 4 heteroatoms. The SMILES string of the molecule is CC(C)C1CCCCC1NC(=O)C1CC1C(=O)O. The van der Waals surface area contributed by atoms with Gasteiger partial charge < -0.3 is 10.4 Å². The number of carboxylic acids is 1. The summed E-state index contributed by atoms with van der Waals surface area (Å²) in [4.78, 5) is 22.7. The fourth-order valence-electron chi connectivity index (χ4n) is 3.18. The summed E-state index contributed by atoms with van der Waals surface area (Å²) < 4.78 is 0. The third-order valence-electron chi connectivity index (χ3n) is 4.45. The number of aliphatic carboxylic acids is 1. The van der Waals surface area contributed by atoms with Crippen LogP contribution < -0.4 is 5.32 Å². The van der Waals surface area contributed by atoms with Gasteiger partial charge in [-0.25, -0.2) is 0 Å². The topological polar surface area (TPSA) is 66.4 Å². The highest BCUT2D eigenvalue weighted by Gasteiger charge is 2.49.